The predicted octanol–water partition coefficient (Wildman–Crippen LogP) is 1.64. The highest BCUT2D eigenvalue weighted by Crippen LogP contribution is 2.10. The Balaban J connectivity index is 4.05. The number of hydrogen-bond donors (Lipinski definition) is 1. The molecule has 0 saturated carbocycles. The Morgan fingerprint density at radius 2 is 1.85 bits per heavy atom. The highest BCUT2D eigenvalue weighted by Gasteiger charge is 2.19. The van der Waals surface area contributed by atoms with E-state index in [-0.39, 0.29) is 11.0 Å². The van der Waals surface area contributed by atoms with Gasteiger partial charge in [0.15, 0.2) is 0 Å². The van der Waals surface area contributed by atoms with Crippen molar-refractivity contribution < 1.29 is 14.1 Å². The van der Waals surface area contributed by atoms with Crippen molar-refractivity contribution in [3.8, 4) is 0 Å². The van der Waals surface area contributed by atoms with Crippen LogP contribution in [0, 0.1) is 5.92 Å². The zero-order valence-corrected chi connectivity index (χ0v) is 9.26. The van der Waals surface area contributed by atoms with Crippen molar-refractivity contribution in [2.75, 3.05) is 5.75 Å². The monoisotopic (exact) mass is 206 g/mol. The first-order valence-corrected chi connectivity index (χ1v) is 6.01. The van der Waals surface area contributed by atoms with Gasteiger partial charge in [-0.3, -0.25) is 9.00 Å². The number of rotatable bonds is 6. The van der Waals surface area contributed by atoms with E-state index in [0.717, 1.165) is 12.8 Å². The fourth-order valence-corrected chi connectivity index (χ4v) is 2.77. The van der Waals surface area contributed by atoms with Gasteiger partial charge in [0.05, 0.1) is 5.92 Å². The van der Waals surface area contributed by atoms with Crippen LogP contribution in [0.1, 0.15) is 33.6 Å². The normalized spacial score (nSPS) is 15.7. The van der Waals surface area contributed by atoms with Crippen molar-refractivity contribution in [3.05, 3.63) is 0 Å². The molecule has 0 heterocycles. The van der Waals surface area contributed by atoms with Crippen molar-refractivity contribution in [2.24, 2.45) is 5.92 Å². The van der Waals surface area contributed by atoms with Crippen LogP contribution in [-0.2, 0) is 15.6 Å². The fraction of sp³-hybridized carbons (Fsp3) is 0.889. The van der Waals surface area contributed by atoms with Gasteiger partial charge < -0.3 is 5.11 Å². The van der Waals surface area contributed by atoms with E-state index in [9.17, 15) is 9.00 Å². The number of carboxylic acid groups (broad SMARTS) is 1. The molecule has 0 aliphatic rings. The summed E-state index contributed by atoms with van der Waals surface area (Å²) in [6.07, 6.45) is 1.71. The van der Waals surface area contributed by atoms with Crippen LogP contribution in [0.15, 0.2) is 0 Å². The maximum absolute atomic E-state index is 11.6. The van der Waals surface area contributed by atoms with E-state index in [1.54, 1.807) is 6.92 Å². The van der Waals surface area contributed by atoms with E-state index in [1.807, 2.05) is 13.8 Å². The maximum atomic E-state index is 11.6. The van der Waals surface area contributed by atoms with Gasteiger partial charge in [0.1, 0.15) is 0 Å². The second-order valence-electron chi connectivity index (χ2n) is 3.23. The smallest absolute Gasteiger partial charge is 0.307 e. The molecule has 0 rings (SSSR count). The van der Waals surface area contributed by atoms with Gasteiger partial charge in [-0.05, 0) is 12.8 Å². The summed E-state index contributed by atoms with van der Waals surface area (Å²) in [5.41, 5.74) is 0. The third-order valence-corrected chi connectivity index (χ3v) is 4.36. The molecule has 0 aromatic carbocycles. The average Bonchev–Trinajstić information content (AvgIpc) is 2.06. The molecule has 0 aliphatic heterocycles. The van der Waals surface area contributed by atoms with Crippen molar-refractivity contribution in [3.63, 3.8) is 0 Å². The molecular formula is C9H18O3S. The Labute approximate surface area is 82.0 Å². The Kier molecular flexibility index (Phi) is 5.95. The molecular weight excluding hydrogens is 188 g/mol. The molecule has 0 spiro atoms. The number of carboxylic acids is 1. The Morgan fingerprint density at radius 1 is 1.38 bits per heavy atom. The average molecular weight is 206 g/mol. The summed E-state index contributed by atoms with van der Waals surface area (Å²) in [7, 11) is -0.989. The Morgan fingerprint density at radius 3 is 2.15 bits per heavy atom. The van der Waals surface area contributed by atoms with Crippen molar-refractivity contribution in [2.45, 2.75) is 38.9 Å². The molecule has 0 amide bonds. The standard InChI is InChI=1S/C9H18O3S/c1-4-8(5-2)13(12)6-7(3)9(10)11/h7-8H,4-6H2,1-3H3,(H,10,11). The molecule has 0 fully saturated rings. The third-order valence-electron chi connectivity index (χ3n) is 2.12. The molecule has 0 aromatic heterocycles. The van der Waals surface area contributed by atoms with E-state index in [2.05, 4.69) is 0 Å². The lowest BCUT2D eigenvalue weighted by atomic mass is 10.2. The summed E-state index contributed by atoms with van der Waals surface area (Å²) in [5, 5.41) is 8.78. The van der Waals surface area contributed by atoms with Gasteiger partial charge in [0.2, 0.25) is 0 Å². The van der Waals surface area contributed by atoms with Crippen LogP contribution < -0.4 is 0 Å². The van der Waals surface area contributed by atoms with E-state index < -0.39 is 22.7 Å². The number of hydrogen-bond acceptors (Lipinski definition) is 2. The van der Waals surface area contributed by atoms with Crippen LogP contribution in [0.25, 0.3) is 0 Å². The van der Waals surface area contributed by atoms with Gasteiger partial charge in [0.25, 0.3) is 0 Å². The molecule has 4 heteroatoms. The molecule has 2 atom stereocenters. The highest BCUT2D eigenvalue weighted by atomic mass is 32.2. The summed E-state index contributed by atoms with van der Waals surface area (Å²) in [5.74, 6) is -1.08. The Hall–Kier alpha value is -0.380. The topological polar surface area (TPSA) is 54.4 Å². The highest BCUT2D eigenvalue weighted by molar-refractivity contribution is 7.85. The second kappa shape index (κ2) is 6.13. The Bertz CT molecular complexity index is 187. The number of aliphatic carboxylic acids is 1. The van der Waals surface area contributed by atoms with Gasteiger partial charge in [0, 0.05) is 21.8 Å². The first kappa shape index (κ1) is 12.6. The third kappa shape index (κ3) is 4.41. The van der Waals surface area contributed by atoms with Crippen LogP contribution in [-0.4, -0.2) is 26.3 Å². The minimum absolute atomic E-state index is 0.154. The molecule has 78 valence electrons. The van der Waals surface area contributed by atoms with Crippen LogP contribution in [0.5, 0.6) is 0 Å². The molecule has 1 N–H and O–H groups in total. The molecule has 2 unspecified atom stereocenters. The summed E-state index contributed by atoms with van der Waals surface area (Å²) < 4.78 is 11.6. The largest absolute Gasteiger partial charge is 0.481 e. The summed E-state index contributed by atoms with van der Waals surface area (Å²) in [4.78, 5) is 10.5. The fourth-order valence-electron chi connectivity index (χ4n) is 1.11. The quantitative estimate of drug-likeness (QED) is 0.719. The van der Waals surface area contributed by atoms with Gasteiger partial charge in [-0.15, -0.1) is 0 Å². The van der Waals surface area contributed by atoms with E-state index in [4.69, 9.17) is 5.11 Å². The minimum atomic E-state index is -0.989. The van der Waals surface area contributed by atoms with Gasteiger partial charge in [-0.2, -0.15) is 0 Å². The molecule has 0 aromatic rings. The lowest BCUT2D eigenvalue weighted by Gasteiger charge is -2.13. The van der Waals surface area contributed by atoms with E-state index >= 15 is 0 Å². The van der Waals surface area contributed by atoms with Gasteiger partial charge in [-0.25, -0.2) is 0 Å². The van der Waals surface area contributed by atoms with E-state index in [0.29, 0.717) is 0 Å². The van der Waals surface area contributed by atoms with Crippen molar-refractivity contribution in [1.29, 1.82) is 0 Å². The summed E-state index contributed by atoms with van der Waals surface area (Å²) in [6, 6.07) is 0. The lowest BCUT2D eigenvalue weighted by molar-refractivity contribution is -0.140. The van der Waals surface area contributed by atoms with Crippen LogP contribution in [0.2, 0.25) is 0 Å². The van der Waals surface area contributed by atoms with E-state index in [1.165, 1.54) is 0 Å². The summed E-state index contributed by atoms with van der Waals surface area (Å²) >= 11 is 0. The maximum Gasteiger partial charge on any atom is 0.307 e. The lowest BCUT2D eigenvalue weighted by Crippen LogP contribution is -2.24. The van der Waals surface area contributed by atoms with Crippen LogP contribution in [0.4, 0.5) is 0 Å². The van der Waals surface area contributed by atoms with Crippen molar-refractivity contribution >= 4 is 16.8 Å². The van der Waals surface area contributed by atoms with Crippen molar-refractivity contribution in [1.82, 2.24) is 0 Å². The SMILES string of the molecule is CCC(CC)S(=O)CC(C)C(=O)O. The first-order chi connectivity index (χ1) is 6.02. The predicted molar refractivity (Wildman–Crippen MR) is 54.2 cm³/mol. The minimum Gasteiger partial charge on any atom is -0.481 e. The van der Waals surface area contributed by atoms with Crippen LogP contribution >= 0.6 is 0 Å². The second-order valence-corrected chi connectivity index (χ2v) is 4.99. The summed E-state index contributed by atoms with van der Waals surface area (Å²) in [6.45, 7) is 5.57. The molecule has 13 heavy (non-hydrogen) atoms. The zero-order chi connectivity index (χ0) is 10.4. The van der Waals surface area contributed by atoms with Crippen LogP contribution in [0.3, 0.4) is 0 Å². The molecule has 0 aliphatic carbocycles. The zero-order valence-electron chi connectivity index (χ0n) is 8.45. The van der Waals surface area contributed by atoms with Gasteiger partial charge >= 0.3 is 5.97 Å². The molecule has 0 bridgehead atoms. The molecule has 0 radical (unpaired) electrons. The molecule has 0 saturated heterocycles. The number of carbonyl (C=O) groups is 1. The molecule has 3 nitrogen and oxygen atoms in total. The van der Waals surface area contributed by atoms with Gasteiger partial charge in [-0.1, -0.05) is 20.8 Å². The first-order valence-electron chi connectivity index (χ1n) is 4.62.